The highest BCUT2D eigenvalue weighted by Crippen LogP contribution is 1.96. The van der Waals surface area contributed by atoms with Crippen LogP contribution >= 0.6 is 0 Å². The Hall–Kier alpha value is -0.730. The molecule has 3 nitrogen and oxygen atoms in total. The van der Waals surface area contributed by atoms with Gasteiger partial charge in [-0.2, -0.15) is 0 Å². The minimum atomic E-state index is -0.314. The Bertz CT molecular complexity index is 134. The molecule has 0 radical (unpaired) electrons. The molecule has 0 bridgehead atoms. The molecular weight excluding hydrogens is 154 g/mol. The van der Waals surface area contributed by atoms with Crippen LogP contribution in [-0.4, -0.2) is 18.2 Å². The normalized spacial score (nSPS) is 12.8. The zero-order valence-corrected chi connectivity index (χ0v) is 8.39. The van der Waals surface area contributed by atoms with Gasteiger partial charge < -0.3 is 10.1 Å². The summed E-state index contributed by atoms with van der Waals surface area (Å²) in [4.78, 5) is 11.0. The third kappa shape index (κ3) is 6.01. The molecular formula is C9H19NO2. The lowest BCUT2D eigenvalue weighted by atomic mass is 10.2. The fourth-order valence-electron chi connectivity index (χ4n) is 0.954. The lowest BCUT2D eigenvalue weighted by Gasteiger charge is -2.14. The molecule has 72 valence electrons. The molecule has 1 amide bonds. The van der Waals surface area contributed by atoms with Crippen molar-refractivity contribution in [3.63, 3.8) is 0 Å². The summed E-state index contributed by atoms with van der Waals surface area (Å²) >= 11 is 0. The third-order valence-corrected chi connectivity index (χ3v) is 1.43. The number of hydrogen-bond donors (Lipinski definition) is 1. The zero-order valence-electron chi connectivity index (χ0n) is 8.39. The topological polar surface area (TPSA) is 38.3 Å². The number of nitrogens with one attached hydrogen (secondary N) is 1. The van der Waals surface area contributed by atoms with Gasteiger partial charge in [-0.1, -0.05) is 13.3 Å². The van der Waals surface area contributed by atoms with Crippen LogP contribution in [0.4, 0.5) is 4.79 Å². The van der Waals surface area contributed by atoms with Crippen LogP contribution in [0.1, 0.15) is 40.5 Å². The largest absolute Gasteiger partial charge is 0.447 e. The highest BCUT2D eigenvalue weighted by molar-refractivity contribution is 5.67. The molecule has 3 heteroatoms. The van der Waals surface area contributed by atoms with Crippen LogP contribution in [0.2, 0.25) is 0 Å². The molecule has 0 rings (SSSR count). The average molecular weight is 173 g/mol. The van der Waals surface area contributed by atoms with Gasteiger partial charge in [0.25, 0.3) is 0 Å². The molecule has 0 aromatic heterocycles. The van der Waals surface area contributed by atoms with Crippen molar-refractivity contribution in [2.24, 2.45) is 0 Å². The van der Waals surface area contributed by atoms with Crippen molar-refractivity contribution in [2.45, 2.75) is 52.7 Å². The number of alkyl carbamates (subject to hydrolysis) is 1. The predicted octanol–water partition coefficient (Wildman–Crippen LogP) is 2.31. The van der Waals surface area contributed by atoms with E-state index in [1.54, 1.807) is 0 Å². The van der Waals surface area contributed by atoms with Crippen LogP contribution in [0.3, 0.4) is 0 Å². The number of hydrogen-bond acceptors (Lipinski definition) is 2. The van der Waals surface area contributed by atoms with Gasteiger partial charge >= 0.3 is 6.09 Å². The van der Waals surface area contributed by atoms with Gasteiger partial charge in [0.1, 0.15) is 0 Å². The van der Waals surface area contributed by atoms with Crippen molar-refractivity contribution in [2.75, 3.05) is 0 Å². The van der Waals surface area contributed by atoms with Gasteiger partial charge in [0.15, 0.2) is 0 Å². The van der Waals surface area contributed by atoms with Gasteiger partial charge in [-0.05, 0) is 27.2 Å². The lowest BCUT2D eigenvalue weighted by molar-refractivity contribution is 0.112. The van der Waals surface area contributed by atoms with E-state index in [-0.39, 0.29) is 18.2 Å². The summed E-state index contributed by atoms with van der Waals surface area (Å²) in [6.45, 7) is 7.74. The summed E-state index contributed by atoms with van der Waals surface area (Å²) in [7, 11) is 0. The maximum atomic E-state index is 11.0. The minimum absolute atomic E-state index is 0.0428. The molecule has 1 unspecified atom stereocenters. The molecule has 12 heavy (non-hydrogen) atoms. The Morgan fingerprint density at radius 2 is 2.00 bits per heavy atom. The van der Waals surface area contributed by atoms with E-state index in [2.05, 4.69) is 12.2 Å². The summed E-state index contributed by atoms with van der Waals surface area (Å²) in [5.74, 6) is 0. The predicted molar refractivity (Wildman–Crippen MR) is 49.1 cm³/mol. The molecule has 0 aliphatic carbocycles. The molecule has 0 aromatic rings. The van der Waals surface area contributed by atoms with E-state index < -0.39 is 0 Å². The second kappa shape index (κ2) is 5.86. The fourth-order valence-corrected chi connectivity index (χ4v) is 0.954. The molecule has 0 aliphatic rings. The van der Waals surface area contributed by atoms with Gasteiger partial charge in [-0.3, -0.25) is 0 Å². The number of ether oxygens (including phenoxy) is 1. The van der Waals surface area contributed by atoms with Gasteiger partial charge in [-0.25, -0.2) is 4.79 Å². The van der Waals surface area contributed by atoms with E-state index in [9.17, 15) is 4.79 Å². The van der Waals surface area contributed by atoms with Crippen molar-refractivity contribution in [1.29, 1.82) is 0 Å². The summed E-state index contributed by atoms with van der Waals surface area (Å²) in [6, 6.07) is 0.209. The molecule has 1 N–H and O–H groups in total. The van der Waals surface area contributed by atoms with Gasteiger partial charge in [0.05, 0.1) is 6.10 Å². The monoisotopic (exact) mass is 173 g/mol. The van der Waals surface area contributed by atoms with Crippen LogP contribution in [0.5, 0.6) is 0 Å². The summed E-state index contributed by atoms with van der Waals surface area (Å²) < 4.78 is 4.92. The van der Waals surface area contributed by atoms with Crippen LogP contribution in [0.15, 0.2) is 0 Å². The van der Waals surface area contributed by atoms with Crippen LogP contribution < -0.4 is 5.32 Å². The van der Waals surface area contributed by atoms with Crippen molar-refractivity contribution in [1.82, 2.24) is 5.32 Å². The highest BCUT2D eigenvalue weighted by atomic mass is 16.6. The quantitative estimate of drug-likeness (QED) is 0.708. The van der Waals surface area contributed by atoms with E-state index in [1.807, 2.05) is 20.8 Å². The maximum Gasteiger partial charge on any atom is 0.407 e. The second-order valence-electron chi connectivity index (χ2n) is 3.29. The second-order valence-corrected chi connectivity index (χ2v) is 3.29. The zero-order chi connectivity index (χ0) is 9.56. The Morgan fingerprint density at radius 3 is 2.42 bits per heavy atom. The summed E-state index contributed by atoms with van der Waals surface area (Å²) in [6.07, 6.45) is 1.71. The first kappa shape index (κ1) is 11.3. The van der Waals surface area contributed by atoms with E-state index in [4.69, 9.17) is 4.74 Å². The van der Waals surface area contributed by atoms with E-state index in [1.165, 1.54) is 0 Å². The smallest absolute Gasteiger partial charge is 0.407 e. The Morgan fingerprint density at radius 1 is 1.42 bits per heavy atom. The van der Waals surface area contributed by atoms with E-state index in [0.717, 1.165) is 12.8 Å². The van der Waals surface area contributed by atoms with E-state index in [0.29, 0.717) is 0 Å². The number of amides is 1. The first-order valence-electron chi connectivity index (χ1n) is 4.53. The molecule has 0 saturated heterocycles. The van der Waals surface area contributed by atoms with Crippen molar-refractivity contribution >= 4 is 6.09 Å². The number of carbonyl (C=O) groups is 1. The van der Waals surface area contributed by atoms with Crippen LogP contribution in [0.25, 0.3) is 0 Å². The van der Waals surface area contributed by atoms with Crippen LogP contribution in [-0.2, 0) is 4.74 Å². The van der Waals surface area contributed by atoms with Crippen molar-refractivity contribution < 1.29 is 9.53 Å². The number of rotatable bonds is 4. The Labute approximate surface area is 74.5 Å². The first-order valence-corrected chi connectivity index (χ1v) is 4.53. The lowest BCUT2D eigenvalue weighted by Crippen LogP contribution is -2.34. The molecule has 0 aliphatic heterocycles. The average Bonchev–Trinajstić information content (AvgIpc) is 1.84. The van der Waals surface area contributed by atoms with Crippen molar-refractivity contribution in [3.8, 4) is 0 Å². The Kier molecular flexibility index (Phi) is 5.51. The summed E-state index contributed by atoms with van der Waals surface area (Å²) in [5, 5.41) is 2.75. The molecule has 0 heterocycles. The first-order chi connectivity index (χ1) is 5.56. The minimum Gasteiger partial charge on any atom is -0.447 e. The van der Waals surface area contributed by atoms with Gasteiger partial charge in [0.2, 0.25) is 0 Å². The number of carbonyl (C=O) groups excluding carboxylic acids is 1. The molecule has 0 saturated carbocycles. The van der Waals surface area contributed by atoms with Crippen molar-refractivity contribution in [3.05, 3.63) is 0 Å². The molecule has 0 fully saturated rings. The highest BCUT2D eigenvalue weighted by Gasteiger charge is 2.07. The Balaban J connectivity index is 3.54. The standard InChI is InChI=1S/C9H19NO2/c1-5-6-8(4)10-9(11)12-7(2)3/h7-8H,5-6H2,1-4H3,(H,10,11). The molecule has 1 atom stereocenters. The van der Waals surface area contributed by atoms with E-state index >= 15 is 0 Å². The van der Waals surface area contributed by atoms with Crippen LogP contribution in [0, 0.1) is 0 Å². The molecule has 0 aromatic carbocycles. The maximum absolute atomic E-state index is 11.0. The van der Waals surface area contributed by atoms with Gasteiger partial charge in [0, 0.05) is 6.04 Å². The summed E-state index contributed by atoms with van der Waals surface area (Å²) in [5.41, 5.74) is 0. The van der Waals surface area contributed by atoms with Gasteiger partial charge in [-0.15, -0.1) is 0 Å². The third-order valence-electron chi connectivity index (χ3n) is 1.43. The molecule has 0 spiro atoms. The SMILES string of the molecule is CCCC(C)NC(=O)OC(C)C. The fraction of sp³-hybridized carbons (Fsp3) is 0.889.